The molecule has 0 aliphatic heterocycles. The Bertz CT molecular complexity index is 332. The second-order valence-electron chi connectivity index (χ2n) is 4.62. The molecule has 2 unspecified atom stereocenters. The minimum atomic E-state index is -4.63. The summed E-state index contributed by atoms with van der Waals surface area (Å²) in [6, 6.07) is 0. The summed E-state index contributed by atoms with van der Waals surface area (Å²) >= 11 is 0. The molecule has 2 atom stereocenters. The van der Waals surface area contributed by atoms with Crippen LogP contribution in [0.3, 0.4) is 0 Å². The first-order valence-corrected chi connectivity index (χ1v) is 6.20. The smallest absolute Gasteiger partial charge is 0.391 e. The lowest BCUT2D eigenvalue weighted by Gasteiger charge is -2.49. The first-order valence-electron chi connectivity index (χ1n) is 6.20. The summed E-state index contributed by atoms with van der Waals surface area (Å²) in [5.41, 5.74) is 0. The Balaban J connectivity index is 2.52. The van der Waals surface area contributed by atoms with Crippen molar-refractivity contribution in [3.63, 3.8) is 0 Å². The average molecular weight is 328 g/mol. The molecule has 0 bridgehead atoms. The zero-order chi connectivity index (χ0) is 16.3. The summed E-state index contributed by atoms with van der Waals surface area (Å²) in [6.07, 6.45) is -10.5. The summed E-state index contributed by atoms with van der Waals surface area (Å²) < 4.78 is 97.1. The maximum atomic E-state index is 13.2. The first-order chi connectivity index (χ1) is 9.54. The summed E-state index contributed by atoms with van der Waals surface area (Å²) in [7, 11) is 0. The van der Waals surface area contributed by atoms with E-state index in [2.05, 4.69) is 9.47 Å². The van der Waals surface area contributed by atoms with E-state index in [-0.39, 0.29) is 26.1 Å². The molecule has 1 fully saturated rings. The van der Waals surface area contributed by atoms with Crippen molar-refractivity contribution >= 4 is 0 Å². The summed E-state index contributed by atoms with van der Waals surface area (Å²) in [6.45, 7) is -1.68. The van der Waals surface area contributed by atoms with Crippen molar-refractivity contribution < 1.29 is 45.3 Å². The van der Waals surface area contributed by atoms with E-state index in [1.54, 1.807) is 0 Å². The van der Waals surface area contributed by atoms with Crippen LogP contribution in [0.15, 0.2) is 0 Å². The van der Waals surface area contributed by atoms with Gasteiger partial charge in [0, 0.05) is 13.2 Å². The Labute approximate surface area is 116 Å². The van der Waals surface area contributed by atoms with Gasteiger partial charge in [-0.3, -0.25) is 0 Å². The highest BCUT2D eigenvalue weighted by molar-refractivity contribution is 5.13. The van der Waals surface area contributed by atoms with Gasteiger partial charge in [-0.15, -0.1) is 0 Å². The SMILES string of the molecule is OCCCCOC1C(OCCC(F)(F)F)C(F)(F)C1(F)F. The van der Waals surface area contributed by atoms with Crippen LogP contribution in [0.4, 0.5) is 30.7 Å². The lowest BCUT2D eigenvalue weighted by Crippen LogP contribution is -2.75. The number of alkyl halides is 7. The average Bonchev–Trinajstić information content (AvgIpc) is 2.34. The topological polar surface area (TPSA) is 38.7 Å². The van der Waals surface area contributed by atoms with Crippen LogP contribution in [-0.2, 0) is 9.47 Å². The standard InChI is InChI=1S/C11H15F7O3/c12-9(13,14)3-6-21-8-7(20-5-2-1-4-19)10(15,16)11(8,17)18/h7-8,19H,1-6H2. The van der Waals surface area contributed by atoms with Crippen LogP contribution in [0.25, 0.3) is 0 Å². The summed E-state index contributed by atoms with van der Waals surface area (Å²) in [5, 5.41) is 8.48. The third kappa shape index (κ3) is 4.19. The zero-order valence-corrected chi connectivity index (χ0v) is 10.8. The Morgan fingerprint density at radius 1 is 0.857 bits per heavy atom. The van der Waals surface area contributed by atoms with Crippen LogP contribution >= 0.6 is 0 Å². The molecule has 0 spiro atoms. The van der Waals surface area contributed by atoms with E-state index in [1.807, 2.05) is 0 Å². The number of aliphatic hydroxyl groups excluding tert-OH is 1. The molecule has 0 aromatic rings. The van der Waals surface area contributed by atoms with E-state index in [0.29, 0.717) is 0 Å². The van der Waals surface area contributed by atoms with E-state index in [1.165, 1.54) is 0 Å². The Kier molecular flexibility index (Phi) is 5.84. The monoisotopic (exact) mass is 328 g/mol. The van der Waals surface area contributed by atoms with Gasteiger partial charge in [0.25, 0.3) is 0 Å². The van der Waals surface area contributed by atoms with E-state index < -0.39 is 43.3 Å². The van der Waals surface area contributed by atoms with Gasteiger partial charge in [-0.2, -0.15) is 30.7 Å². The van der Waals surface area contributed by atoms with Crippen LogP contribution in [0.5, 0.6) is 0 Å². The highest BCUT2D eigenvalue weighted by Gasteiger charge is 2.80. The third-order valence-corrected chi connectivity index (χ3v) is 2.97. The van der Waals surface area contributed by atoms with E-state index in [4.69, 9.17) is 5.11 Å². The number of hydrogen-bond donors (Lipinski definition) is 1. The van der Waals surface area contributed by atoms with Gasteiger partial charge in [0.1, 0.15) is 0 Å². The predicted molar refractivity (Wildman–Crippen MR) is 56.4 cm³/mol. The lowest BCUT2D eigenvalue weighted by atomic mass is 9.81. The van der Waals surface area contributed by atoms with Crippen molar-refractivity contribution in [2.75, 3.05) is 19.8 Å². The number of hydrogen-bond acceptors (Lipinski definition) is 3. The molecule has 1 saturated carbocycles. The van der Waals surface area contributed by atoms with Gasteiger partial charge in [0.05, 0.1) is 13.0 Å². The fourth-order valence-corrected chi connectivity index (χ4v) is 1.77. The maximum Gasteiger partial charge on any atom is 0.391 e. The van der Waals surface area contributed by atoms with Gasteiger partial charge in [0.2, 0.25) is 0 Å². The number of halogens is 7. The van der Waals surface area contributed by atoms with E-state index in [9.17, 15) is 30.7 Å². The normalized spacial score (nSPS) is 27.4. The first kappa shape index (κ1) is 18.4. The molecule has 10 heteroatoms. The van der Waals surface area contributed by atoms with Gasteiger partial charge < -0.3 is 14.6 Å². The highest BCUT2D eigenvalue weighted by Crippen LogP contribution is 2.54. The number of unbranched alkanes of at least 4 members (excludes halogenated alkanes) is 1. The van der Waals surface area contributed by atoms with E-state index in [0.717, 1.165) is 0 Å². The molecule has 0 aromatic carbocycles. The van der Waals surface area contributed by atoms with E-state index >= 15 is 0 Å². The molecule has 0 saturated heterocycles. The van der Waals surface area contributed by atoms with Gasteiger partial charge >= 0.3 is 18.0 Å². The van der Waals surface area contributed by atoms with Crippen LogP contribution < -0.4 is 0 Å². The van der Waals surface area contributed by atoms with Crippen molar-refractivity contribution in [2.45, 2.75) is 49.5 Å². The molecule has 3 nitrogen and oxygen atoms in total. The van der Waals surface area contributed by atoms with Gasteiger partial charge in [0.15, 0.2) is 12.2 Å². The van der Waals surface area contributed by atoms with Crippen LogP contribution in [0.2, 0.25) is 0 Å². The minimum absolute atomic E-state index is 0.157. The van der Waals surface area contributed by atoms with Crippen molar-refractivity contribution in [3.05, 3.63) is 0 Å². The number of rotatable bonds is 8. The Morgan fingerprint density at radius 2 is 1.33 bits per heavy atom. The van der Waals surface area contributed by atoms with Gasteiger partial charge in [-0.1, -0.05) is 0 Å². The quantitative estimate of drug-likeness (QED) is 0.550. The molecule has 0 aromatic heterocycles. The Morgan fingerprint density at radius 3 is 1.76 bits per heavy atom. The third-order valence-electron chi connectivity index (χ3n) is 2.97. The summed E-state index contributed by atoms with van der Waals surface area (Å²) in [5.74, 6) is -9.06. The van der Waals surface area contributed by atoms with Gasteiger partial charge in [-0.05, 0) is 12.8 Å². The van der Waals surface area contributed by atoms with Crippen LogP contribution in [-0.4, -0.2) is 55.2 Å². The molecule has 0 radical (unpaired) electrons. The van der Waals surface area contributed by atoms with Crippen LogP contribution in [0.1, 0.15) is 19.3 Å². The molecule has 1 aliphatic carbocycles. The fraction of sp³-hybridized carbons (Fsp3) is 1.00. The molecule has 0 amide bonds. The zero-order valence-electron chi connectivity index (χ0n) is 10.8. The lowest BCUT2D eigenvalue weighted by molar-refractivity contribution is -0.400. The maximum absolute atomic E-state index is 13.2. The molecule has 126 valence electrons. The van der Waals surface area contributed by atoms with Crippen molar-refractivity contribution in [2.24, 2.45) is 0 Å². The summed E-state index contributed by atoms with van der Waals surface area (Å²) in [4.78, 5) is 0. The van der Waals surface area contributed by atoms with Crippen LogP contribution in [0, 0.1) is 0 Å². The van der Waals surface area contributed by atoms with Gasteiger partial charge in [-0.25, -0.2) is 0 Å². The molecule has 1 rings (SSSR count). The minimum Gasteiger partial charge on any atom is -0.396 e. The Hall–Kier alpha value is -0.610. The van der Waals surface area contributed by atoms with Crippen molar-refractivity contribution in [1.29, 1.82) is 0 Å². The molecule has 0 heterocycles. The van der Waals surface area contributed by atoms with Crippen molar-refractivity contribution in [1.82, 2.24) is 0 Å². The molecular formula is C11H15F7O3. The second kappa shape index (κ2) is 6.66. The largest absolute Gasteiger partial charge is 0.396 e. The molecular weight excluding hydrogens is 313 g/mol. The molecule has 21 heavy (non-hydrogen) atoms. The predicted octanol–water partition coefficient (Wildman–Crippen LogP) is 2.77. The van der Waals surface area contributed by atoms with Crippen molar-refractivity contribution in [3.8, 4) is 0 Å². The number of ether oxygens (including phenoxy) is 2. The molecule has 1 aliphatic rings. The fourth-order valence-electron chi connectivity index (χ4n) is 1.77. The second-order valence-corrected chi connectivity index (χ2v) is 4.62. The highest BCUT2D eigenvalue weighted by atomic mass is 19.4. The number of aliphatic hydroxyl groups is 1. The molecule has 1 N–H and O–H groups in total.